The summed E-state index contributed by atoms with van der Waals surface area (Å²) in [7, 11) is 5.95. The van der Waals surface area contributed by atoms with E-state index in [1.807, 2.05) is 21.1 Å². The van der Waals surface area contributed by atoms with Crippen LogP contribution in [0.15, 0.2) is 158 Å². The van der Waals surface area contributed by atoms with Gasteiger partial charge in [-0.1, -0.05) is 262 Å². The highest BCUT2D eigenvalue weighted by atomic mass is 16.7. The number of hydrogen-bond donors (Lipinski definition) is 1. The fourth-order valence-electron chi connectivity index (χ4n) is 8.64. The highest BCUT2D eigenvalue weighted by Crippen LogP contribution is 2.15. The summed E-state index contributed by atoms with van der Waals surface area (Å²) in [6.07, 6.45) is 93.4. The minimum Gasteiger partial charge on any atom is -0.477 e. The molecule has 0 saturated heterocycles. The zero-order chi connectivity index (χ0) is 61.9. The molecule has 0 bridgehead atoms. The minimum absolute atomic E-state index is 0.175. The van der Waals surface area contributed by atoms with Crippen LogP contribution in [0.5, 0.6) is 0 Å². The normalized spacial score (nSPS) is 13.8. The lowest BCUT2D eigenvalue weighted by Crippen LogP contribution is -2.40. The van der Waals surface area contributed by atoms with Crippen LogP contribution in [0, 0.1) is 0 Å². The van der Waals surface area contributed by atoms with Crippen molar-refractivity contribution in [2.45, 2.75) is 257 Å². The van der Waals surface area contributed by atoms with Gasteiger partial charge in [-0.2, -0.15) is 0 Å². The summed E-state index contributed by atoms with van der Waals surface area (Å²) in [5.74, 6) is -2.05. The Morgan fingerprint density at radius 2 is 0.671 bits per heavy atom. The van der Waals surface area contributed by atoms with E-state index < -0.39 is 24.3 Å². The summed E-state index contributed by atoms with van der Waals surface area (Å²) in [4.78, 5) is 37.5. The molecular formula is C76H124NO8+. The number of nitrogens with zero attached hydrogens (tertiary/aromatic N) is 1. The van der Waals surface area contributed by atoms with E-state index in [1.165, 1.54) is 77.0 Å². The fourth-order valence-corrected chi connectivity index (χ4v) is 8.64. The second-order valence-electron chi connectivity index (χ2n) is 23.0. The second kappa shape index (κ2) is 64.9. The van der Waals surface area contributed by atoms with Crippen molar-refractivity contribution in [3.05, 3.63) is 158 Å². The number of unbranched alkanes of at least 4 members (excludes halogenated alkanes) is 19. The Labute approximate surface area is 521 Å². The maximum Gasteiger partial charge on any atom is 0.361 e. The molecule has 2 atom stereocenters. The molecule has 0 aromatic heterocycles. The molecule has 0 aliphatic rings. The van der Waals surface area contributed by atoms with Crippen LogP contribution in [-0.2, 0) is 33.3 Å². The van der Waals surface area contributed by atoms with Gasteiger partial charge in [0, 0.05) is 12.8 Å². The zero-order valence-electron chi connectivity index (χ0n) is 54.7. The molecule has 0 aromatic carbocycles. The Kier molecular flexibility index (Phi) is 61.0. The third-order valence-corrected chi connectivity index (χ3v) is 13.8. The molecule has 0 aromatic rings. The topological polar surface area (TPSA) is 108 Å². The van der Waals surface area contributed by atoms with Crippen molar-refractivity contribution in [3.8, 4) is 0 Å². The van der Waals surface area contributed by atoms with Crippen LogP contribution < -0.4 is 0 Å². The quantitative estimate of drug-likeness (QED) is 0.0211. The second-order valence-corrected chi connectivity index (χ2v) is 23.0. The Bertz CT molecular complexity index is 1950. The van der Waals surface area contributed by atoms with Gasteiger partial charge in [-0.3, -0.25) is 9.59 Å². The van der Waals surface area contributed by atoms with E-state index in [0.29, 0.717) is 17.4 Å². The van der Waals surface area contributed by atoms with Crippen LogP contribution in [-0.4, -0.2) is 87.4 Å². The summed E-state index contributed by atoms with van der Waals surface area (Å²) in [6, 6.07) is 0. The number of allylic oxidation sites excluding steroid dienone is 26. The lowest BCUT2D eigenvalue weighted by molar-refractivity contribution is -0.870. The van der Waals surface area contributed by atoms with Gasteiger partial charge in [-0.15, -0.1) is 0 Å². The maximum absolute atomic E-state index is 12.9. The van der Waals surface area contributed by atoms with Crippen LogP contribution in [0.25, 0.3) is 0 Å². The summed E-state index contributed by atoms with van der Waals surface area (Å²) >= 11 is 0. The summed E-state index contributed by atoms with van der Waals surface area (Å²) in [5.41, 5.74) is 0. The van der Waals surface area contributed by atoms with Gasteiger partial charge in [0.15, 0.2) is 6.10 Å². The molecule has 0 heterocycles. The molecule has 1 N–H and O–H groups in total. The van der Waals surface area contributed by atoms with Crippen LogP contribution in [0.1, 0.15) is 245 Å². The molecule has 480 valence electrons. The Morgan fingerprint density at radius 1 is 0.365 bits per heavy atom. The van der Waals surface area contributed by atoms with Gasteiger partial charge in [-0.05, 0) is 128 Å². The van der Waals surface area contributed by atoms with Crippen LogP contribution in [0.3, 0.4) is 0 Å². The van der Waals surface area contributed by atoms with Gasteiger partial charge in [-0.25, -0.2) is 4.79 Å². The molecule has 0 aliphatic carbocycles. The zero-order valence-corrected chi connectivity index (χ0v) is 54.7. The number of aliphatic carboxylic acids is 1. The number of ether oxygens (including phenoxy) is 4. The molecule has 9 heteroatoms. The monoisotopic (exact) mass is 1180 g/mol. The third kappa shape index (κ3) is 66.3. The molecule has 0 fully saturated rings. The Balaban J connectivity index is 4.25. The molecule has 0 rings (SSSR count). The number of carboxylic acid groups (broad SMARTS) is 1. The standard InChI is InChI=1S/C76H123NO8/c1-6-8-10-12-14-16-18-20-22-24-26-28-29-30-31-32-33-34-35-36-37-38-39-40-41-42-43-44-45-47-49-51-53-55-57-59-61-63-65-67-74(79)85-72(71-84-76(75(80)81)82-69-68-77(3,4)5)70-83-73(78)66-64-62-60-58-56-54-52-50-48-46-27-25-23-21-19-17-15-13-11-9-7-2/h8,10,14,16,19-22,25-28,30-31,33-34,36-37,39-40,42-43,45,47,51,53,72,76H,6-7,9,11-13,15,17-18,23-24,29,32,35,38,41,44,46,48-50,52,54-71H2,1-5H3/p+1/b10-8-,16-14-,21-19-,22-20-,27-25-,28-26-,31-30-,34-33-,37-36-,40-39-,43-42-,47-45-,53-51-. The first-order valence-corrected chi connectivity index (χ1v) is 33.6. The van der Waals surface area contributed by atoms with Gasteiger partial charge in [0.05, 0.1) is 34.4 Å². The number of likely N-dealkylation sites (N-methyl/N-ethyl adjacent to an activating group) is 1. The number of carbonyl (C=O) groups excluding carboxylic acids is 2. The lowest BCUT2D eigenvalue weighted by Gasteiger charge is -2.25. The van der Waals surface area contributed by atoms with E-state index in [4.69, 9.17) is 18.9 Å². The molecule has 2 unspecified atom stereocenters. The van der Waals surface area contributed by atoms with Crippen molar-refractivity contribution in [1.29, 1.82) is 0 Å². The van der Waals surface area contributed by atoms with Gasteiger partial charge in [0.1, 0.15) is 13.2 Å². The number of carboxylic acids is 1. The molecule has 0 spiro atoms. The summed E-state index contributed by atoms with van der Waals surface area (Å²) < 4.78 is 22.9. The molecule has 0 amide bonds. The van der Waals surface area contributed by atoms with E-state index in [2.05, 4.69) is 172 Å². The first-order chi connectivity index (χ1) is 41.6. The minimum atomic E-state index is -1.53. The van der Waals surface area contributed by atoms with E-state index in [-0.39, 0.29) is 38.6 Å². The molecule has 0 radical (unpaired) electrons. The molecule has 85 heavy (non-hydrogen) atoms. The van der Waals surface area contributed by atoms with Gasteiger partial charge in [0.25, 0.3) is 6.29 Å². The summed E-state index contributed by atoms with van der Waals surface area (Å²) in [6.45, 7) is 4.71. The van der Waals surface area contributed by atoms with E-state index in [1.54, 1.807) is 0 Å². The van der Waals surface area contributed by atoms with Gasteiger partial charge >= 0.3 is 17.9 Å². The molecular weight excluding hydrogens is 1050 g/mol. The van der Waals surface area contributed by atoms with Crippen LogP contribution in [0.2, 0.25) is 0 Å². The largest absolute Gasteiger partial charge is 0.477 e. The Morgan fingerprint density at radius 3 is 1.00 bits per heavy atom. The summed E-state index contributed by atoms with van der Waals surface area (Å²) in [5, 5.41) is 9.73. The Hall–Kier alpha value is -5.09. The van der Waals surface area contributed by atoms with E-state index in [9.17, 15) is 19.5 Å². The van der Waals surface area contributed by atoms with Crippen LogP contribution >= 0.6 is 0 Å². The number of hydrogen-bond acceptors (Lipinski definition) is 7. The number of quaternary nitrogens is 1. The van der Waals surface area contributed by atoms with E-state index in [0.717, 1.165) is 135 Å². The van der Waals surface area contributed by atoms with Gasteiger partial charge < -0.3 is 28.5 Å². The first kappa shape index (κ1) is 79.9. The van der Waals surface area contributed by atoms with Crippen molar-refractivity contribution in [3.63, 3.8) is 0 Å². The average Bonchev–Trinajstić information content (AvgIpc) is 3.49. The third-order valence-electron chi connectivity index (χ3n) is 13.8. The number of esters is 2. The van der Waals surface area contributed by atoms with Crippen LogP contribution in [0.4, 0.5) is 0 Å². The van der Waals surface area contributed by atoms with Gasteiger partial charge in [0.2, 0.25) is 0 Å². The predicted octanol–water partition coefficient (Wildman–Crippen LogP) is 20.9. The highest BCUT2D eigenvalue weighted by Gasteiger charge is 2.25. The molecule has 9 nitrogen and oxygen atoms in total. The molecule has 0 saturated carbocycles. The first-order valence-electron chi connectivity index (χ1n) is 33.6. The number of rotatable bonds is 60. The predicted molar refractivity (Wildman–Crippen MR) is 363 cm³/mol. The van der Waals surface area contributed by atoms with Crippen molar-refractivity contribution in [2.24, 2.45) is 0 Å². The maximum atomic E-state index is 12.9. The molecule has 0 aliphatic heterocycles. The smallest absolute Gasteiger partial charge is 0.361 e. The SMILES string of the molecule is CC/C=C\C/C=C\C/C=C\C/C=C\C/C=C\C/C=C\C/C=C\C/C=C\C/C=C\C/C=C\C/C=C\CCCCCCCC(=O)OC(COC(=O)CCCCCCCCCCC/C=C\C/C=C\CCCCCCC)COC(OCC[N+](C)(C)C)C(=O)O. The highest BCUT2D eigenvalue weighted by molar-refractivity contribution is 5.71. The van der Waals surface area contributed by atoms with Crippen molar-refractivity contribution in [2.75, 3.05) is 47.5 Å². The fraction of sp³-hybridized carbons (Fsp3) is 0.618. The number of carbonyl (C=O) groups is 3. The average molecular weight is 1180 g/mol. The van der Waals surface area contributed by atoms with Crippen molar-refractivity contribution >= 4 is 17.9 Å². The van der Waals surface area contributed by atoms with Crippen molar-refractivity contribution in [1.82, 2.24) is 0 Å². The van der Waals surface area contributed by atoms with Crippen molar-refractivity contribution < 1.29 is 42.9 Å². The lowest BCUT2D eigenvalue weighted by atomic mass is 10.1. The van der Waals surface area contributed by atoms with E-state index >= 15 is 0 Å².